The molecule has 6 nitrogen and oxygen atoms in total. The van der Waals surface area contributed by atoms with Crippen LogP contribution in [-0.4, -0.2) is 53.4 Å². The molecular formula is C11H20N4O2S. The van der Waals surface area contributed by atoms with E-state index in [-0.39, 0.29) is 5.75 Å². The molecule has 1 saturated heterocycles. The highest BCUT2D eigenvalue weighted by molar-refractivity contribution is 7.90. The minimum absolute atomic E-state index is 0.111. The molecule has 0 bridgehead atoms. The van der Waals surface area contributed by atoms with Gasteiger partial charge < -0.3 is 0 Å². The average Bonchev–Trinajstić information content (AvgIpc) is 2.75. The van der Waals surface area contributed by atoms with Crippen molar-refractivity contribution in [2.24, 2.45) is 0 Å². The zero-order valence-corrected chi connectivity index (χ0v) is 11.6. The largest absolute Gasteiger partial charge is 0.297 e. The summed E-state index contributed by atoms with van der Waals surface area (Å²) in [6, 6.07) is 0. The van der Waals surface area contributed by atoms with Crippen molar-refractivity contribution in [3.8, 4) is 0 Å². The standard InChI is InChI=1S/C11H20N4O2S/c1-18(16,17)8-7-15-10-11(12-13-15)9-14-5-3-2-4-6-14/h10H,2-9H2,1H3. The summed E-state index contributed by atoms with van der Waals surface area (Å²) in [4.78, 5) is 2.37. The zero-order valence-electron chi connectivity index (χ0n) is 10.7. The van der Waals surface area contributed by atoms with Crippen molar-refractivity contribution in [3.05, 3.63) is 11.9 Å². The number of aromatic nitrogens is 3. The van der Waals surface area contributed by atoms with Crippen LogP contribution in [0.3, 0.4) is 0 Å². The van der Waals surface area contributed by atoms with Gasteiger partial charge in [-0.15, -0.1) is 5.10 Å². The molecule has 0 unspecified atom stereocenters. The monoisotopic (exact) mass is 272 g/mol. The second-order valence-electron chi connectivity index (χ2n) is 4.94. The fourth-order valence-electron chi connectivity index (χ4n) is 2.13. The van der Waals surface area contributed by atoms with E-state index in [1.54, 1.807) is 4.68 Å². The number of aryl methyl sites for hydroxylation is 1. The molecule has 0 aliphatic carbocycles. The Hall–Kier alpha value is -0.950. The van der Waals surface area contributed by atoms with Crippen LogP contribution in [0.5, 0.6) is 0 Å². The van der Waals surface area contributed by atoms with E-state index < -0.39 is 9.84 Å². The quantitative estimate of drug-likeness (QED) is 0.771. The van der Waals surface area contributed by atoms with Crippen molar-refractivity contribution >= 4 is 9.84 Å². The summed E-state index contributed by atoms with van der Waals surface area (Å²) in [7, 11) is -2.94. The molecule has 7 heteroatoms. The minimum Gasteiger partial charge on any atom is -0.297 e. The first-order chi connectivity index (χ1) is 8.53. The maximum Gasteiger partial charge on any atom is 0.149 e. The predicted molar refractivity (Wildman–Crippen MR) is 68.9 cm³/mol. The maximum absolute atomic E-state index is 11.1. The van der Waals surface area contributed by atoms with E-state index in [0.717, 1.165) is 25.3 Å². The molecule has 18 heavy (non-hydrogen) atoms. The summed E-state index contributed by atoms with van der Waals surface area (Å²) in [5.74, 6) is 0.111. The summed E-state index contributed by atoms with van der Waals surface area (Å²) >= 11 is 0. The smallest absolute Gasteiger partial charge is 0.149 e. The fraction of sp³-hybridized carbons (Fsp3) is 0.818. The molecule has 2 rings (SSSR count). The minimum atomic E-state index is -2.94. The van der Waals surface area contributed by atoms with Crippen molar-refractivity contribution < 1.29 is 8.42 Å². The maximum atomic E-state index is 11.1. The van der Waals surface area contributed by atoms with Gasteiger partial charge in [0.1, 0.15) is 9.84 Å². The number of nitrogens with zero attached hydrogens (tertiary/aromatic N) is 4. The lowest BCUT2D eigenvalue weighted by molar-refractivity contribution is 0.218. The van der Waals surface area contributed by atoms with Gasteiger partial charge in [-0.25, -0.2) is 8.42 Å². The Labute approximate surface area is 108 Å². The Kier molecular flexibility index (Phi) is 4.34. The second-order valence-corrected chi connectivity index (χ2v) is 7.20. The van der Waals surface area contributed by atoms with E-state index in [9.17, 15) is 8.42 Å². The molecule has 2 heterocycles. The summed E-state index contributed by atoms with van der Waals surface area (Å²) < 4.78 is 23.7. The third kappa shape index (κ3) is 4.38. The molecule has 1 aliphatic rings. The molecular weight excluding hydrogens is 252 g/mol. The van der Waals surface area contributed by atoms with Crippen LogP contribution in [0.2, 0.25) is 0 Å². The van der Waals surface area contributed by atoms with E-state index >= 15 is 0 Å². The van der Waals surface area contributed by atoms with E-state index in [1.807, 2.05) is 6.20 Å². The molecule has 0 radical (unpaired) electrons. The van der Waals surface area contributed by atoms with Gasteiger partial charge in [-0.05, 0) is 25.9 Å². The van der Waals surface area contributed by atoms with Gasteiger partial charge in [-0.1, -0.05) is 11.6 Å². The van der Waals surface area contributed by atoms with Crippen LogP contribution in [-0.2, 0) is 22.9 Å². The van der Waals surface area contributed by atoms with Gasteiger partial charge in [-0.3, -0.25) is 9.58 Å². The Morgan fingerprint density at radius 1 is 1.28 bits per heavy atom. The van der Waals surface area contributed by atoms with Gasteiger partial charge >= 0.3 is 0 Å². The first-order valence-electron chi connectivity index (χ1n) is 6.32. The topological polar surface area (TPSA) is 68.1 Å². The Morgan fingerprint density at radius 3 is 2.67 bits per heavy atom. The SMILES string of the molecule is CS(=O)(=O)CCn1cc(CN2CCCCC2)nn1. The van der Waals surface area contributed by atoms with Crippen molar-refractivity contribution in [2.75, 3.05) is 25.1 Å². The van der Waals surface area contributed by atoms with Crippen molar-refractivity contribution in [1.29, 1.82) is 0 Å². The van der Waals surface area contributed by atoms with Crippen LogP contribution in [0.15, 0.2) is 6.20 Å². The highest BCUT2D eigenvalue weighted by Crippen LogP contribution is 2.11. The van der Waals surface area contributed by atoms with Crippen LogP contribution < -0.4 is 0 Å². The molecule has 0 saturated carbocycles. The number of hydrogen-bond acceptors (Lipinski definition) is 5. The summed E-state index contributed by atoms with van der Waals surface area (Å²) in [5.41, 5.74) is 0.922. The molecule has 0 spiro atoms. The van der Waals surface area contributed by atoms with Gasteiger partial charge in [0.2, 0.25) is 0 Å². The highest BCUT2D eigenvalue weighted by atomic mass is 32.2. The molecule has 1 fully saturated rings. The fourth-order valence-corrected chi connectivity index (χ4v) is 2.64. The average molecular weight is 272 g/mol. The number of sulfone groups is 1. The molecule has 0 amide bonds. The number of piperidine rings is 1. The van der Waals surface area contributed by atoms with Gasteiger partial charge in [0.25, 0.3) is 0 Å². The van der Waals surface area contributed by atoms with Gasteiger partial charge in [0.15, 0.2) is 0 Å². The van der Waals surface area contributed by atoms with Crippen molar-refractivity contribution in [1.82, 2.24) is 19.9 Å². The van der Waals surface area contributed by atoms with Crippen molar-refractivity contribution in [3.63, 3.8) is 0 Å². The first-order valence-corrected chi connectivity index (χ1v) is 8.38. The molecule has 1 aromatic rings. The second kappa shape index (κ2) is 5.79. The molecule has 1 aliphatic heterocycles. The molecule has 0 N–H and O–H groups in total. The predicted octanol–water partition coefficient (Wildman–Crippen LogP) is 0.309. The Bertz CT molecular complexity index is 477. The third-order valence-corrected chi connectivity index (χ3v) is 4.04. The zero-order chi connectivity index (χ0) is 13.0. The number of rotatable bonds is 5. The van der Waals surface area contributed by atoms with Crippen LogP contribution >= 0.6 is 0 Å². The molecule has 0 aromatic carbocycles. The number of hydrogen-bond donors (Lipinski definition) is 0. The van der Waals surface area contributed by atoms with E-state index in [4.69, 9.17) is 0 Å². The summed E-state index contributed by atoms with van der Waals surface area (Å²) in [6.45, 7) is 3.44. The lowest BCUT2D eigenvalue weighted by Gasteiger charge is -2.25. The van der Waals surface area contributed by atoms with Crippen LogP contribution in [0.4, 0.5) is 0 Å². The number of likely N-dealkylation sites (tertiary alicyclic amines) is 1. The summed E-state index contributed by atoms with van der Waals surface area (Å²) in [5, 5.41) is 8.05. The Balaban J connectivity index is 1.85. The molecule has 1 aromatic heterocycles. The van der Waals surface area contributed by atoms with Crippen LogP contribution in [0, 0.1) is 0 Å². The first kappa shape index (κ1) is 13.5. The van der Waals surface area contributed by atoms with E-state index in [0.29, 0.717) is 6.54 Å². The van der Waals surface area contributed by atoms with Crippen LogP contribution in [0.25, 0.3) is 0 Å². The lowest BCUT2D eigenvalue weighted by atomic mass is 10.1. The van der Waals surface area contributed by atoms with Gasteiger partial charge in [0, 0.05) is 19.0 Å². The van der Waals surface area contributed by atoms with E-state index in [2.05, 4.69) is 15.2 Å². The Morgan fingerprint density at radius 2 is 2.00 bits per heavy atom. The normalized spacial score (nSPS) is 18.1. The molecule has 0 atom stereocenters. The third-order valence-electron chi connectivity index (χ3n) is 3.11. The van der Waals surface area contributed by atoms with Gasteiger partial charge in [-0.2, -0.15) is 0 Å². The van der Waals surface area contributed by atoms with Crippen molar-refractivity contribution in [2.45, 2.75) is 32.4 Å². The van der Waals surface area contributed by atoms with Gasteiger partial charge in [0.05, 0.1) is 18.0 Å². The highest BCUT2D eigenvalue weighted by Gasteiger charge is 2.12. The summed E-state index contributed by atoms with van der Waals surface area (Å²) in [6.07, 6.45) is 6.90. The molecule has 102 valence electrons. The van der Waals surface area contributed by atoms with Crippen LogP contribution in [0.1, 0.15) is 25.0 Å². The van der Waals surface area contributed by atoms with E-state index in [1.165, 1.54) is 25.5 Å². The lowest BCUT2D eigenvalue weighted by Crippen LogP contribution is -2.29.